The molecule has 3 N–H and O–H groups in total. The number of nitrogens with two attached hydrogens (primary N) is 1. The van der Waals surface area contributed by atoms with Gasteiger partial charge in [0, 0.05) is 24.1 Å². The number of halogens is 2. The third kappa shape index (κ3) is 5.13. The largest absolute Gasteiger partial charge is 0.494 e. The molecule has 0 aromatic carbocycles. The van der Waals surface area contributed by atoms with Gasteiger partial charge in [-0.15, -0.1) is 36.2 Å². The van der Waals surface area contributed by atoms with Crippen molar-refractivity contribution in [3.63, 3.8) is 0 Å². The molecule has 0 aliphatic heterocycles. The van der Waals surface area contributed by atoms with E-state index in [0.29, 0.717) is 30.1 Å². The Morgan fingerprint density at radius 1 is 1.48 bits per heavy atom. The minimum Gasteiger partial charge on any atom is -0.494 e. The number of methoxy groups -OCH3 is 1. The molecule has 2 heterocycles. The van der Waals surface area contributed by atoms with Crippen molar-refractivity contribution < 1.29 is 9.53 Å². The minimum atomic E-state index is -0.286. The van der Waals surface area contributed by atoms with E-state index in [2.05, 4.69) is 15.3 Å². The topological polar surface area (TPSA) is 90.1 Å². The van der Waals surface area contributed by atoms with E-state index in [4.69, 9.17) is 10.5 Å². The summed E-state index contributed by atoms with van der Waals surface area (Å²) in [5, 5.41) is 5.28. The van der Waals surface area contributed by atoms with E-state index in [9.17, 15) is 4.79 Å². The van der Waals surface area contributed by atoms with Crippen LogP contribution in [0.15, 0.2) is 23.8 Å². The Labute approximate surface area is 138 Å². The number of carbonyl (C=O) groups excluding carboxylic acids is 1. The number of hydrogen-bond acceptors (Lipinski definition) is 6. The third-order valence-electron chi connectivity index (χ3n) is 2.39. The van der Waals surface area contributed by atoms with E-state index >= 15 is 0 Å². The predicted molar refractivity (Wildman–Crippen MR) is 88.1 cm³/mol. The Hall–Kier alpha value is -1.41. The zero-order valence-corrected chi connectivity index (χ0v) is 13.7. The molecule has 21 heavy (non-hydrogen) atoms. The van der Waals surface area contributed by atoms with Gasteiger partial charge in [0.05, 0.1) is 18.3 Å². The molecule has 9 heteroatoms. The highest BCUT2D eigenvalue weighted by molar-refractivity contribution is 7.09. The van der Waals surface area contributed by atoms with Gasteiger partial charge in [-0.3, -0.25) is 9.78 Å². The molecule has 0 bridgehead atoms. The molecule has 116 valence electrons. The highest BCUT2D eigenvalue weighted by Crippen LogP contribution is 2.22. The number of nitrogens with one attached hydrogen (secondary N) is 1. The van der Waals surface area contributed by atoms with Crippen molar-refractivity contribution >= 4 is 47.7 Å². The number of amides is 1. The van der Waals surface area contributed by atoms with Crippen molar-refractivity contribution in [2.45, 2.75) is 6.42 Å². The summed E-state index contributed by atoms with van der Waals surface area (Å²) in [6.45, 7) is 0.519. The van der Waals surface area contributed by atoms with Gasteiger partial charge in [-0.25, -0.2) is 4.98 Å². The van der Waals surface area contributed by atoms with Crippen LogP contribution in [0, 0.1) is 0 Å². The van der Waals surface area contributed by atoms with Crippen LogP contribution in [0.5, 0.6) is 5.75 Å². The highest BCUT2D eigenvalue weighted by atomic mass is 35.5. The molecule has 1 amide bonds. The van der Waals surface area contributed by atoms with Crippen LogP contribution in [-0.2, 0) is 6.42 Å². The summed E-state index contributed by atoms with van der Waals surface area (Å²) in [5.74, 6) is 0.270. The zero-order valence-electron chi connectivity index (χ0n) is 11.2. The lowest BCUT2D eigenvalue weighted by molar-refractivity contribution is 0.102. The van der Waals surface area contributed by atoms with Crippen molar-refractivity contribution in [3.05, 3.63) is 34.5 Å². The molecule has 0 unspecified atom stereocenters. The molecule has 2 aromatic rings. The van der Waals surface area contributed by atoms with Crippen LogP contribution >= 0.6 is 36.2 Å². The molecule has 0 fully saturated rings. The van der Waals surface area contributed by atoms with Gasteiger partial charge in [-0.2, -0.15) is 0 Å². The summed E-state index contributed by atoms with van der Waals surface area (Å²) in [7, 11) is 1.53. The quantitative estimate of drug-likeness (QED) is 0.861. The summed E-state index contributed by atoms with van der Waals surface area (Å²) in [4.78, 5) is 20.2. The molecule has 0 saturated heterocycles. The molecular weight excluding hydrogens is 335 g/mol. The fourth-order valence-corrected chi connectivity index (χ4v) is 2.29. The maximum Gasteiger partial charge on any atom is 0.275 e. The van der Waals surface area contributed by atoms with Crippen molar-refractivity contribution in [2.24, 2.45) is 5.73 Å². The monoisotopic (exact) mass is 350 g/mol. The number of rotatable bonds is 5. The Kier molecular flexibility index (Phi) is 8.87. The first-order chi connectivity index (χ1) is 9.24. The van der Waals surface area contributed by atoms with E-state index in [1.54, 1.807) is 17.6 Å². The smallest absolute Gasteiger partial charge is 0.275 e. The third-order valence-corrected chi connectivity index (χ3v) is 3.30. The van der Waals surface area contributed by atoms with E-state index in [-0.39, 0.29) is 30.7 Å². The Balaban J connectivity index is 0.00000200. The molecule has 0 aliphatic rings. The average molecular weight is 351 g/mol. The van der Waals surface area contributed by atoms with Crippen LogP contribution in [0.2, 0.25) is 0 Å². The average Bonchev–Trinajstić information content (AvgIpc) is 2.88. The second kappa shape index (κ2) is 9.51. The zero-order chi connectivity index (χ0) is 13.7. The normalized spacial score (nSPS) is 9.24. The number of carbonyl (C=O) groups is 1. The van der Waals surface area contributed by atoms with Crippen LogP contribution in [0.1, 0.15) is 15.5 Å². The van der Waals surface area contributed by atoms with Crippen molar-refractivity contribution in [1.29, 1.82) is 0 Å². The summed E-state index contributed by atoms with van der Waals surface area (Å²) < 4.78 is 5.14. The van der Waals surface area contributed by atoms with Gasteiger partial charge in [0.25, 0.3) is 5.91 Å². The SMILES string of the molecule is COc1ccncc1NC(=O)c1csc(CCN)n1.Cl.Cl. The molecule has 0 radical (unpaired) electrons. The number of anilines is 1. The van der Waals surface area contributed by atoms with E-state index in [1.165, 1.54) is 24.6 Å². The molecule has 2 aromatic heterocycles. The molecule has 0 atom stereocenters. The number of thiazole rings is 1. The molecule has 0 saturated carbocycles. The molecular formula is C12H16Cl2N4O2S. The highest BCUT2D eigenvalue weighted by Gasteiger charge is 2.13. The van der Waals surface area contributed by atoms with E-state index in [1.807, 2.05) is 0 Å². The first-order valence-corrected chi connectivity index (χ1v) is 6.56. The van der Waals surface area contributed by atoms with Crippen molar-refractivity contribution in [1.82, 2.24) is 9.97 Å². The number of hydrogen-bond donors (Lipinski definition) is 2. The molecule has 0 aliphatic carbocycles. The van der Waals surface area contributed by atoms with Crippen LogP contribution in [0.4, 0.5) is 5.69 Å². The van der Waals surface area contributed by atoms with Gasteiger partial charge in [0.2, 0.25) is 0 Å². The van der Waals surface area contributed by atoms with Gasteiger partial charge >= 0.3 is 0 Å². The lowest BCUT2D eigenvalue weighted by Crippen LogP contribution is -2.13. The second-order valence-corrected chi connectivity index (χ2v) is 4.64. The van der Waals surface area contributed by atoms with E-state index in [0.717, 1.165) is 5.01 Å². The fourth-order valence-electron chi connectivity index (χ4n) is 1.49. The maximum atomic E-state index is 12.0. The van der Waals surface area contributed by atoms with Gasteiger partial charge in [-0.05, 0) is 6.54 Å². The van der Waals surface area contributed by atoms with Gasteiger partial charge in [0.15, 0.2) is 0 Å². The van der Waals surface area contributed by atoms with Crippen LogP contribution in [0.3, 0.4) is 0 Å². The van der Waals surface area contributed by atoms with Gasteiger partial charge in [0.1, 0.15) is 17.1 Å². The maximum absolute atomic E-state index is 12.0. The number of aromatic nitrogens is 2. The fraction of sp³-hybridized carbons (Fsp3) is 0.250. The van der Waals surface area contributed by atoms with Crippen molar-refractivity contribution in [3.8, 4) is 5.75 Å². The van der Waals surface area contributed by atoms with E-state index < -0.39 is 0 Å². The minimum absolute atomic E-state index is 0. The molecule has 0 spiro atoms. The first kappa shape index (κ1) is 19.6. The Bertz CT molecular complexity index is 580. The number of pyridine rings is 1. The number of ether oxygens (including phenoxy) is 1. The Morgan fingerprint density at radius 2 is 2.24 bits per heavy atom. The van der Waals surface area contributed by atoms with Gasteiger partial charge < -0.3 is 15.8 Å². The van der Waals surface area contributed by atoms with Crippen LogP contribution in [0.25, 0.3) is 0 Å². The van der Waals surface area contributed by atoms with Crippen LogP contribution in [-0.4, -0.2) is 29.5 Å². The lowest BCUT2D eigenvalue weighted by atomic mass is 10.3. The predicted octanol–water partition coefficient (Wildman–Crippen LogP) is 2.14. The second-order valence-electron chi connectivity index (χ2n) is 3.70. The van der Waals surface area contributed by atoms with Crippen molar-refractivity contribution in [2.75, 3.05) is 19.0 Å². The lowest BCUT2D eigenvalue weighted by Gasteiger charge is -2.07. The molecule has 6 nitrogen and oxygen atoms in total. The summed E-state index contributed by atoms with van der Waals surface area (Å²) >= 11 is 1.42. The summed E-state index contributed by atoms with van der Waals surface area (Å²) in [6.07, 6.45) is 3.80. The first-order valence-electron chi connectivity index (χ1n) is 5.68. The van der Waals surface area contributed by atoms with Gasteiger partial charge in [-0.1, -0.05) is 0 Å². The molecule has 2 rings (SSSR count). The van der Waals surface area contributed by atoms with Crippen LogP contribution < -0.4 is 15.8 Å². The number of nitrogens with zero attached hydrogens (tertiary/aromatic N) is 2. The standard InChI is InChI=1S/C12H14N4O2S.2ClH/c1-18-10-3-5-14-6-8(10)16-12(17)9-7-19-11(15-9)2-4-13;;/h3,5-7H,2,4,13H2,1H3,(H,16,17);2*1H. The summed E-state index contributed by atoms with van der Waals surface area (Å²) in [5.41, 5.74) is 6.34. The summed E-state index contributed by atoms with van der Waals surface area (Å²) in [6, 6.07) is 1.68. The Morgan fingerprint density at radius 3 is 2.90 bits per heavy atom.